The monoisotopic (exact) mass is 356 g/mol. The molecule has 0 bridgehead atoms. The van der Waals surface area contributed by atoms with Crippen LogP contribution in [0.2, 0.25) is 0 Å². The van der Waals surface area contributed by atoms with Gasteiger partial charge >= 0.3 is 0 Å². The molecule has 130 valence electrons. The molecule has 0 atom stereocenters. The molecule has 6 nitrogen and oxygen atoms in total. The number of hydrogen-bond acceptors (Lipinski definition) is 5. The second-order valence-corrected chi connectivity index (χ2v) is 6.41. The highest BCUT2D eigenvalue weighted by atomic mass is 32.1. The lowest BCUT2D eigenvalue weighted by Crippen LogP contribution is -2.29. The molecular weight excluding hydrogens is 336 g/mol. The molecular formula is C18H20N4O2S. The number of benzene rings is 1. The first kappa shape index (κ1) is 17.3. The van der Waals surface area contributed by atoms with Crippen molar-refractivity contribution in [1.29, 1.82) is 0 Å². The highest BCUT2D eigenvalue weighted by Crippen LogP contribution is 2.25. The van der Waals surface area contributed by atoms with Crippen molar-refractivity contribution in [1.82, 2.24) is 14.8 Å². The third-order valence-corrected chi connectivity index (χ3v) is 4.72. The largest absolute Gasteiger partial charge is 0.385 e. The van der Waals surface area contributed by atoms with Crippen molar-refractivity contribution < 1.29 is 9.53 Å². The molecule has 2 aromatic heterocycles. The fourth-order valence-electron chi connectivity index (χ4n) is 2.64. The van der Waals surface area contributed by atoms with Crippen LogP contribution in [0.4, 0.5) is 5.69 Å². The Morgan fingerprint density at radius 1 is 1.44 bits per heavy atom. The van der Waals surface area contributed by atoms with Crippen LogP contribution in [0.3, 0.4) is 0 Å². The molecule has 25 heavy (non-hydrogen) atoms. The number of carbonyl (C=O) groups is 1. The quantitative estimate of drug-likeness (QED) is 0.459. The SMILES string of the molecule is C=CC(=O)N(Cc1ccnn1CCCOC)c1ccc2scnc2c1. The van der Waals surface area contributed by atoms with Gasteiger partial charge in [0.15, 0.2) is 0 Å². The van der Waals surface area contributed by atoms with Gasteiger partial charge in [0.2, 0.25) is 0 Å². The van der Waals surface area contributed by atoms with Crippen LogP contribution in [0.25, 0.3) is 10.2 Å². The summed E-state index contributed by atoms with van der Waals surface area (Å²) < 4.78 is 8.10. The summed E-state index contributed by atoms with van der Waals surface area (Å²) in [5, 5.41) is 4.35. The van der Waals surface area contributed by atoms with E-state index in [1.807, 2.05) is 28.9 Å². The van der Waals surface area contributed by atoms with E-state index in [9.17, 15) is 4.79 Å². The van der Waals surface area contributed by atoms with Crippen LogP contribution in [-0.4, -0.2) is 34.4 Å². The van der Waals surface area contributed by atoms with Gasteiger partial charge in [-0.15, -0.1) is 11.3 Å². The van der Waals surface area contributed by atoms with E-state index in [4.69, 9.17) is 4.74 Å². The molecule has 2 heterocycles. The number of carbonyl (C=O) groups excluding carboxylic acids is 1. The summed E-state index contributed by atoms with van der Waals surface area (Å²) in [5.74, 6) is -0.153. The first-order valence-electron chi connectivity index (χ1n) is 7.99. The lowest BCUT2D eigenvalue weighted by atomic mass is 10.2. The smallest absolute Gasteiger partial charge is 0.250 e. The Morgan fingerprint density at radius 2 is 2.32 bits per heavy atom. The molecule has 3 rings (SSSR count). The highest BCUT2D eigenvalue weighted by molar-refractivity contribution is 7.16. The standard InChI is InChI=1S/C18H20N4O2S/c1-3-18(23)21(14-5-6-17-16(11-14)19-13-25-17)12-15-7-8-20-22(15)9-4-10-24-2/h3,5-8,11,13H,1,4,9-10,12H2,2H3. The Kier molecular flexibility index (Phi) is 5.57. The number of fused-ring (bicyclic) bond motifs is 1. The van der Waals surface area contributed by atoms with Gasteiger partial charge in [-0.2, -0.15) is 5.10 Å². The fourth-order valence-corrected chi connectivity index (χ4v) is 3.30. The Morgan fingerprint density at radius 3 is 3.12 bits per heavy atom. The summed E-state index contributed by atoms with van der Waals surface area (Å²) in [6, 6.07) is 7.78. The van der Waals surface area contributed by atoms with Crippen LogP contribution in [-0.2, 0) is 22.6 Å². The van der Waals surface area contributed by atoms with Gasteiger partial charge in [-0.3, -0.25) is 9.48 Å². The van der Waals surface area contributed by atoms with E-state index in [1.165, 1.54) is 6.08 Å². The maximum Gasteiger partial charge on any atom is 0.250 e. The lowest BCUT2D eigenvalue weighted by Gasteiger charge is -2.22. The first-order valence-corrected chi connectivity index (χ1v) is 8.87. The van der Waals surface area contributed by atoms with Gasteiger partial charge < -0.3 is 9.64 Å². The minimum atomic E-state index is -0.153. The van der Waals surface area contributed by atoms with E-state index in [1.54, 1.807) is 35.1 Å². The van der Waals surface area contributed by atoms with Crippen LogP contribution >= 0.6 is 11.3 Å². The number of methoxy groups -OCH3 is 1. The number of thiazole rings is 1. The number of ether oxygens (including phenoxy) is 1. The first-order chi connectivity index (χ1) is 12.2. The van der Waals surface area contributed by atoms with E-state index in [-0.39, 0.29) is 5.91 Å². The summed E-state index contributed by atoms with van der Waals surface area (Å²) in [5.41, 5.74) is 4.45. The van der Waals surface area contributed by atoms with Crippen molar-refractivity contribution >= 4 is 33.1 Å². The maximum atomic E-state index is 12.4. The van der Waals surface area contributed by atoms with Crippen LogP contribution in [0.1, 0.15) is 12.1 Å². The molecule has 0 aliphatic carbocycles. The maximum absolute atomic E-state index is 12.4. The van der Waals surface area contributed by atoms with Crippen LogP contribution in [0, 0.1) is 0 Å². The number of anilines is 1. The van der Waals surface area contributed by atoms with Gasteiger partial charge in [0.25, 0.3) is 5.91 Å². The normalized spacial score (nSPS) is 10.9. The lowest BCUT2D eigenvalue weighted by molar-refractivity contribution is -0.114. The van der Waals surface area contributed by atoms with Gasteiger partial charge in [-0.25, -0.2) is 4.98 Å². The van der Waals surface area contributed by atoms with Crippen molar-refractivity contribution in [2.75, 3.05) is 18.6 Å². The number of nitrogens with zero attached hydrogens (tertiary/aromatic N) is 4. The third kappa shape index (κ3) is 3.94. The molecule has 1 amide bonds. The molecule has 0 saturated heterocycles. The van der Waals surface area contributed by atoms with E-state index in [0.717, 1.165) is 34.6 Å². The number of hydrogen-bond donors (Lipinski definition) is 0. The molecule has 0 fully saturated rings. The Hall–Kier alpha value is -2.51. The minimum Gasteiger partial charge on any atom is -0.385 e. The average Bonchev–Trinajstić information content (AvgIpc) is 3.27. The highest BCUT2D eigenvalue weighted by Gasteiger charge is 2.17. The minimum absolute atomic E-state index is 0.153. The summed E-state index contributed by atoms with van der Waals surface area (Å²) >= 11 is 1.58. The number of rotatable bonds is 8. The summed E-state index contributed by atoms with van der Waals surface area (Å²) in [6.07, 6.45) is 3.95. The van der Waals surface area contributed by atoms with Gasteiger partial charge in [-0.05, 0) is 36.8 Å². The average molecular weight is 356 g/mol. The molecule has 0 N–H and O–H groups in total. The molecule has 7 heteroatoms. The molecule has 1 aromatic carbocycles. The van der Waals surface area contributed by atoms with E-state index in [0.29, 0.717) is 13.2 Å². The van der Waals surface area contributed by atoms with Crippen LogP contribution in [0.15, 0.2) is 48.6 Å². The third-order valence-electron chi connectivity index (χ3n) is 3.91. The molecule has 0 aliphatic heterocycles. The zero-order chi connectivity index (χ0) is 17.6. The van der Waals surface area contributed by atoms with E-state index in [2.05, 4.69) is 16.7 Å². The van der Waals surface area contributed by atoms with Crippen LogP contribution < -0.4 is 4.90 Å². The predicted octanol–water partition coefficient (Wildman–Crippen LogP) is 3.25. The topological polar surface area (TPSA) is 60.2 Å². The van der Waals surface area contributed by atoms with E-state index < -0.39 is 0 Å². The number of amides is 1. The fraction of sp³-hybridized carbons (Fsp3) is 0.278. The predicted molar refractivity (Wildman–Crippen MR) is 99.7 cm³/mol. The zero-order valence-electron chi connectivity index (χ0n) is 14.1. The summed E-state index contributed by atoms with van der Waals surface area (Å²) in [6.45, 7) is 5.48. The number of aromatic nitrogens is 3. The molecule has 0 radical (unpaired) electrons. The Bertz CT molecular complexity index is 871. The Labute approximate surface area is 150 Å². The molecule has 0 unspecified atom stereocenters. The summed E-state index contributed by atoms with van der Waals surface area (Å²) in [7, 11) is 1.68. The number of aryl methyl sites for hydroxylation is 1. The summed E-state index contributed by atoms with van der Waals surface area (Å²) in [4.78, 5) is 18.4. The molecule has 3 aromatic rings. The van der Waals surface area contributed by atoms with Crippen molar-refractivity contribution in [2.24, 2.45) is 0 Å². The van der Waals surface area contributed by atoms with Gasteiger partial charge in [0, 0.05) is 32.1 Å². The van der Waals surface area contributed by atoms with Crippen molar-refractivity contribution in [3.05, 3.63) is 54.3 Å². The zero-order valence-corrected chi connectivity index (χ0v) is 14.9. The van der Waals surface area contributed by atoms with Crippen LogP contribution in [0.5, 0.6) is 0 Å². The molecule has 0 saturated carbocycles. The van der Waals surface area contributed by atoms with Gasteiger partial charge in [-0.1, -0.05) is 6.58 Å². The molecule has 0 spiro atoms. The van der Waals surface area contributed by atoms with Gasteiger partial charge in [0.1, 0.15) is 0 Å². The van der Waals surface area contributed by atoms with Crippen molar-refractivity contribution in [3.63, 3.8) is 0 Å². The van der Waals surface area contributed by atoms with Crippen molar-refractivity contribution in [3.8, 4) is 0 Å². The van der Waals surface area contributed by atoms with Crippen molar-refractivity contribution in [2.45, 2.75) is 19.5 Å². The Balaban J connectivity index is 1.85. The second kappa shape index (κ2) is 8.04. The van der Waals surface area contributed by atoms with E-state index >= 15 is 0 Å². The second-order valence-electron chi connectivity index (χ2n) is 5.52. The molecule has 0 aliphatic rings. The van der Waals surface area contributed by atoms with Gasteiger partial charge in [0.05, 0.1) is 28.0 Å².